The first-order chi connectivity index (χ1) is 8.71. The zero-order valence-corrected chi connectivity index (χ0v) is 11.5. The molecule has 1 aliphatic carbocycles. The van der Waals surface area contributed by atoms with Crippen molar-refractivity contribution in [3.63, 3.8) is 0 Å². The number of tetrazole rings is 1. The highest BCUT2D eigenvalue weighted by atomic mass is 16.5. The largest absolute Gasteiger partial charge is 0.383 e. The lowest BCUT2D eigenvalue weighted by atomic mass is 10.0. The fourth-order valence-electron chi connectivity index (χ4n) is 2.22. The van der Waals surface area contributed by atoms with Crippen LogP contribution >= 0.6 is 0 Å². The maximum absolute atomic E-state index is 5.03. The Labute approximate surface area is 108 Å². The molecule has 0 radical (unpaired) electrons. The van der Waals surface area contributed by atoms with E-state index in [0.717, 1.165) is 18.9 Å². The predicted octanol–water partition coefficient (Wildman–Crippen LogP) is 1.16. The number of aromatic nitrogens is 4. The minimum atomic E-state index is 0.155. The van der Waals surface area contributed by atoms with E-state index in [-0.39, 0.29) is 6.04 Å². The second kappa shape index (κ2) is 5.75. The van der Waals surface area contributed by atoms with E-state index in [1.54, 1.807) is 7.11 Å². The van der Waals surface area contributed by atoms with Crippen molar-refractivity contribution >= 4 is 0 Å². The van der Waals surface area contributed by atoms with Crippen LogP contribution in [0.15, 0.2) is 0 Å². The van der Waals surface area contributed by atoms with Crippen LogP contribution in [0, 0.1) is 5.41 Å². The van der Waals surface area contributed by atoms with Crippen LogP contribution in [0.4, 0.5) is 0 Å². The van der Waals surface area contributed by atoms with Crippen molar-refractivity contribution in [3.8, 4) is 0 Å². The molecule has 1 fully saturated rings. The number of ether oxygens (including phenoxy) is 1. The molecule has 0 amide bonds. The van der Waals surface area contributed by atoms with Crippen molar-refractivity contribution in [2.45, 2.75) is 45.7 Å². The van der Waals surface area contributed by atoms with Crippen molar-refractivity contribution in [2.24, 2.45) is 5.41 Å². The molecule has 1 aromatic heterocycles. The van der Waals surface area contributed by atoms with Gasteiger partial charge >= 0.3 is 0 Å². The van der Waals surface area contributed by atoms with Gasteiger partial charge in [-0.3, -0.25) is 0 Å². The summed E-state index contributed by atoms with van der Waals surface area (Å²) in [5.41, 5.74) is 0.455. The maximum Gasteiger partial charge on any atom is 0.167 e. The molecule has 0 spiro atoms. The predicted molar refractivity (Wildman–Crippen MR) is 68.1 cm³/mol. The van der Waals surface area contributed by atoms with Crippen LogP contribution in [-0.2, 0) is 11.3 Å². The Morgan fingerprint density at radius 1 is 1.50 bits per heavy atom. The lowest BCUT2D eigenvalue weighted by Gasteiger charge is -2.16. The summed E-state index contributed by atoms with van der Waals surface area (Å²) in [4.78, 5) is 0. The summed E-state index contributed by atoms with van der Waals surface area (Å²) in [7, 11) is 1.70. The second-order valence-corrected chi connectivity index (χ2v) is 5.22. The quantitative estimate of drug-likeness (QED) is 0.704. The first-order valence-electron chi connectivity index (χ1n) is 6.69. The summed E-state index contributed by atoms with van der Waals surface area (Å²) in [6.07, 6.45) is 3.81. The smallest absolute Gasteiger partial charge is 0.167 e. The van der Waals surface area contributed by atoms with Gasteiger partial charge in [0.15, 0.2) is 5.82 Å². The van der Waals surface area contributed by atoms with Crippen LogP contribution in [-0.4, -0.2) is 40.5 Å². The Hall–Kier alpha value is -1.01. The van der Waals surface area contributed by atoms with E-state index in [9.17, 15) is 0 Å². The Kier molecular flexibility index (Phi) is 4.29. The lowest BCUT2D eigenvalue weighted by molar-refractivity contribution is 0.195. The van der Waals surface area contributed by atoms with E-state index in [0.29, 0.717) is 12.0 Å². The minimum Gasteiger partial charge on any atom is -0.383 e. The van der Waals surface area contributed by atoms with E-state index >= 15 is 0 Å². The molecule has 18 heavy (non-hydrogen) atoms. The lowest BCUT2D eigenvalue weighted by Crippen LogP contribution is -2.27. The molecular weight excluding hydrogens is 230 g/mol. The van der Waals surface area contributed by atoms with Gasteiger partial charge in [-0.15, -0.1) is 5.10 Å². The van der Waals surface area contributed by atoms with Crippen LogP contribution in [0.2, 0.25) is 0 Å². The zero-order valence-electron chi connectivity index (χ0n) is 11.5. The van der Waals surface area contributed by atoms with Crippen LogP contribution in [0.25, 0.3) is 0 Å². The Balaban J connectivity index is 1.94. The van der Waals surface area contributed by atoms with Gasteiger partial charge in [-0.25, -0.2) is 4.68 Å². The normalized spacial score (nSPS) is 18.8. The number of methoxy groups -OCH3 is 1. The number of hydrogen-bond acceptors (Lipinski definition) is 5. The monoisotopic (exact) mass is 253 g/mol. The molecule has 1 heterocycles. The van der Waals surface area contributed by atoms with Gasteiger partial charge in [0.2, 0.25) is 0 Å². The fourth-order valence-corrected chi connectivity index (χ4v) is 2.22. The van der Waals surface area contributed by atoms with Gasteiger partial charge in [0.05, 0.1) is 19.2 Å². The molecule has 1 N–H and O–H groups in total. The summed E-state index contributed by atoms with van der Waals surface area (Å²) >= 11 is 0. The molecular formula is C12H23N5O. The third-order valence-corrected chi connectivity index (χ3v) is 3.90. The first kappa shape index (κ1) is 13.4. The van der Waals surface area contributed by atoms with Gasteiger partial charge in [-0.2, -0.15) is 0 Å². The summed E-state index contributed by atoms with van der Waals surface area (Å²) < 4.78 is 6.99. The number of nitrogens with one attached hydrogen (secondary N) is 1. The van der Waals surface area contributed by atoms with Crippen LogP contribution in [0.1, 0.15) is 45.0 Å². The molecule has 0 saturated heterocycles. The highest BCUT2D eigenvalue weighted by Crippen LogP contribution is 2.49. The Morgan fingerprint density at radius 3 is 2.89 bits per heavy atom. The van der Waals surface area contributed by atoms with Gasteiger partial charge in [0.1, 0.15) is 0 Å². The van der Waals surface area contributed by atoms with Crippen LogP contribution < -0.4 is 5.32 Å². The molecule has 1 saturated carbocycles. The molecule has 6 heteroatoms. The second-order valence-electron chi connectivity index (χ2n) is 5.22. The summed E-state index contributed by atoms with van der Waals surface area (Å²) in [6.45, 7) is 6.79. The average molecular weight is 253 g/mol. The Morgan fingerprint density at radius 2 is 2.28 bits per heavy atom. The van der Waals surface area contributed by atoms with Crippen molar-refractivity contribution in [2.75, 3.05) is 20.3 Å². The molecule has 2 rings (SSSR count). The summed E-state index contributed by atoms with van der Waals surface area (Å²) in [6, 6.07) is 0.155. The third kappa shape index (κ3) is 3.05. The van der Waals surface area contributed by atoms with Crippen LogP contribution in [0.3, 0.4) is 0 Å². The molecule has 1 aliphatic rings. The van der Waals surface area contributed by atoms with Crippen LogP contribution in [0.5, 0.6) is 0 Å². The molecule has 1 aromatic rings. The highest BCUT2D eigenvalue weighted by Gasteiger charge is 2.42. The topological polar surface area (TPSA) is 64.9 Å². The highest BCUT2D eigenvalue weighted by molar-refractivity contribution is 4.96. The Bertz CT molecular complexity index is 374. The van der Waals surface area contributed by atoms with E-state index in [1.165, 1.54) is 19.3 Å². The molecule has 1 atom stereocenters. The molecule has 1 unspecified atom stereocenters. The van der Waals surface area contributed by atoms with E-state index in [1.807, 2.05) is 4.68 Å². The van der Waals surface area contributed by atoms with E-state index < -0.39 is 0 Å². The van der Waals surface area contributed by atoms with Crippen molar-refractivity contribution in [3.05, 3.63) is 5.82 Å². The van der Waals surface area contributed by atoms with Gasteiger partial charge < -0.3 is 10.1 Å². The minimum absolute atomic E-state index is 0.155. The summed E-state index contributed by atoms with van der Waals surface area (Å²) in [5.74, 6) is 0.922. The molecule has 0 aromatic carbocycles. The van der Waals surface area contributed by atoms with Crippen molar-refractivity contribution < 1.29 is 4.74 Å². The first-order valence-corrected chi connectivity index (χ1v) is 6.69. The third-order valence-electron chi connectivity index (χ3n) is 3.90. The van der Waals surface area contributed by atoms with Gasteiger partial charge in [0.25, 0.3) is 0 Å². The molecule has 0 bridgehead atoms. The fraction of sp³-hybridized carbons (Fsp3) is 0.917. The molecule has 0 aliphatic heterocycles. The SMILES string of the molecule is CCC1(Cn2nnnc2C(C)NCCOC)CC1. The van der Waals surface area contributed by atoms with Gasteiger partial charge in [-0.05, 0) is 42.0 Å². The van der Waals surface area contributed by atoms with Gasteiger partial charge in [-0.1, -0.05) is 6.92 Å². The molecule has 6 nitrogen and oxygen atoms in total. The average Bonchev–Trinajstić information content (AvgIpc) is 2.99. The van der Waals surface area contributed by atoms with E-state index in [2.05, 4.69) is 34.7 Å². The number of nitrogens with zero attached hydrogens (tertiary/aromatic N) is 4. The van der Waals surface area contributed by atoms with E-state index in [4.69, 9.17) is 4.74 Å². The molecule has 102 valence electrons. The van der Waals surface area contributed by atoms with Crippen molar-refractivity contribution in [1.82, 2.24) is 25.5 Å². The van der Waals surface area contributed by atoms with Gasteiger partial charge in [0, 0.05) is 13.7 Å². The maximum atomic E-state index is 5.03. The standard InChI is InChI=1S/C12H23N5O/c1-4-12(5-6-12)9-17-11(14-15-16-17)10(2)13-7-8-18-3/h10,13H,4-9H2,1-3H3. The summed E-state index contributed by atoms with van der Waals surface area (Å²) in [5, 5.41) is 15.4. The number of rotatable bonds is 8. The zero-order chi connectivity index (χ0) is 13.0. The number of hydrogen-bond donors (Lipinski definition) is 1. The van der Waals surface area contributed by atoms with Crippen molar-refractivity contribution in [1.29, 1.82) is 0 Å².